The molecule has 0 aromatic heterocycles. The molecule has 288 valence electrons. The lowest BCUT2D eigenvalue weighted by Crippen LogP contribution is -2.66. The van der Waals surface area contributed by atoms with E-state index in [-0.39, 0.29) is 17.5 Å². The summed E-state index contributed by atoms with van der Waals surface area (Å²) in [6.45, 7) is 25.0. The Morgan fingerprint density at radius 1 is 0.620 bits per heavy atom. The van der Waals surface area contributed by atoms with E-state index in [1.54, 1.807) is 0 Å². The molecule has 5 aliphatic rings. The highest BCUT2D eigenvalue weighted by Gasteiger charge is 2.70. The summed E-state index contributed by atoms with van der Waals surface area (Å²) >= 11 is 0. The second kappa shape index (κ2) is 16.7. The van der Waals surface area contributed by atoms with Gasteiger partial charge in [-0.3, -0.25) is 4.79 Å². The van der Waals surface area contributed by atoms with Crippen molar-refractivity contribution in [1.82, 2.24) is 0 Å². The molecule has 0 amide bonds. The van der Waals surface area contributed by atoms with Crippen molar-refractivity contribution in [2.75, 3.05) is 0 Å². The second-order valence-corrected chi connectivity index (χ2v) is 20.9. The Kier molecular flexibility index (Phi) is 13.5. The molecule has 10 atom stereocenters. The van der Waals surface area contributed by atoms with Crippen LogP contribution in [-0.4, -0.2) is 12.1 Å². The molecule has 0 aromatic rings. The molecule has 2 heteroatoms. The molecular formula is C48H84O2. The maximum Gasteiger partial charge on any atom is 0.306 e. The molecule has 0 heterocycles. The molecule has 5 rings (SSSR count). The first-order valence-corrected chi connectivity index (χ1v) is 22.6. The van der Waals surface area contributed by atoms with Crippen LogP contribution in [0.4, 0.5) is 0 Å². The molecule has 5 aliphatic carbocycles. The number of ether oxygens (including phenoxy) is 1. The lowest BCUT2D eigenvalue weighted by atomic mass is 9.32. The summed E-state index contributed by atoms with van der Waals surface area (Å²) in [5.74, 6) is 3.89. The van der Waals surface area contributed by atoms with E-state index in [4.69, 9.17) is 4.74 Å². The number of esters is 1. The molecule has 1 unspecified atom stereocenters. The largest absolute Gasteiger partial charge is 0.462 e. The highest BCUT2D eigenvalue weighted by Crippen LogP contribution is 2.77. The molecule has 0 spiro atoms. The normalized spacial score (nSPS) is 40.3. The van der Waals surface area contributed by atoms with Gasteiger partial charge >= 0.3 is 5.97 Å². The van der Waals surface area contributed by atoms with E-state index in [1.165, 1.54) is 153 Å². The third-order valence-corrected chi connectivity index (χ3v) is 17.7. The average molecular weight is 693 g/mol. The van der Waals surface area contributed by atoms with Crippen LogP contribution in [0.15, 0.2) is 12.2 Å². The summed E-state index contributed by atoms with van der Waals surface area (Å²) in [5.41, 5.74) is 3.18. The average Bonchev–Trinajstić information content (AvgIpc) is 3.42. The minimum absolute atomic E-state index is 0.0401. The Balaban J connectivity index is 1.06. The molecule has 0 aliphatic heterocycles. The summed E-state index contributed by atoms with van der Waals surface area (Å²) in [5, 5.41) is 0. The van der Waals surface area contributed by atoms with Gasteiger partial charge in [0.1, 0.15) is 6.10 Å². The molecular weight excluding hydrogens is 609 g/mol. The molecule has 5 saturated carbocycles. The van der Waals surface area contributed by atoms with Crippen molar-refractivity contribution < 1.29 is 9.53 Å². The Hall–Kier alpha value is -0.790. The number of hydrogen-bond donors (Lipinski definition) is 0. The number of fused-ring (bicyclic) bond motifs is 7. The molecule has 50 heavy (non-hydrogen) atoms. The van der Waals surface area contributed by atoms with Gasteiger partial charge in [-0.15, -0.1) is 0 Å². The quantitative estimate of drug-likeness (QED) is 0.0812. The molecule has 0 radical (unpaired) electrons. The minimum atomic E-state index is 0.0401. The van der Waals surface area contributed by atoms with Gasteiger partial charge in [-0.2, -0.15) is 0 Å². The maximum absolute atomic E-state index is 13.2. The van der Waals surface area contributed by atoms with E-state index < -0.39 is 0 Å². The number of carbonyl (C=O) groups excluding carboxylic acids is 1. The summed E-state index contributed by atoms with van der Waals surface area (Å²) in [6.07, 6.45) is 34.4. The smallest absolute Gasteiger partial charge is 0.306 e. The molecule has 0 aromatic carbocycles. The zero-order chi connectivity index (χ0) is 36.2. The number of hydrogen-bond acceptors (Lipinski definition) is 2. The first-order valence-electron chi connectivity index (χ1n) is 22.6. The first-order chi connectivity index (χ1) is 23.7. The fourth-order valence-electron chi connectivity index (χ4n) is 14.5. The molecule has 5 fully saturated rings. The van der Waals surface area contributed by atoms with Gasteiger partial charge in [0.2, 0.25) is 0 Å². The van der Waals surface area contributed by atoms with Crippen molar-refractivity contribution in [3.63, 3.8) is 0 Å². The Bertz CT molecular complexity index is 1120. The fraction of sp³-hybridized carbons (Fsp3) is 0.938. The van der Waals surface area contributed by atoms with Crippen LogP contribution < -0.4 is 0 Å². The van der Waals surface area contributed by atoms with E-state index in [2.05, 4.69) is 62.0 Å². The van der Waals surface area contributed by atoms with Crippen LogP contribution in [0, 0.1) is 56.7 Å². The van der Waals surface area contributed by atoms with Crippen molar-refractivity contribution in [3.05, 3.63) is 12.2 Å². The third-order valence-electron chi connectivity index (χ3n) is 17.7. The molecule has 0 bridgehead atoms. The summed E-state index contributed by atoms with van der Waals surface area (Å²) in [4.78, 5) is 13.2. The van der Waals surface area contributed by atoms with Crippen LogP contribution in [0.1, 0.15) is 222 Å². The lowest BCUT2D eigenvalue weighted by Gasteiger charge is -2.73. The first kappa shape index (κ1) is 40.4. The number of allylic oxidation sites excluding steroid dienone is 1. The van der Waals surface area contributed by atoms with Gasteiger partial charge in [0, 0.05) is 11.8 Å². The van der Waals surface area contributed by atoms with Crippen LogP contribution in [0.5, 0.6) is 0 Å². The Labute approximate surface area is 311 Å². The van der Waals surface area contributed by atoms with Crippen molar-refractivity contribution in [2.24, 2.45) is 56.7 Å². The fourth-order valence-corrected chi connectivity index (χ4v) is 14.5. The van der Waals surface area contributed by atoms with Crippen molar-refractivity contribution >= 4 is 5.97 Å². The summed E-state index contributed by atoms with van der Waals surface area (Å²) in [7, 11) is 0. The lowest BCUT2D eigenvalue weighted by molar-refractivity contribution is -0.249. The van der Waals surface area contributed by atoms with Crippen molar-refractivity contribution in [1.29, 1.82) is 0 Å². The van der Waals surface area contributed by atoms with Gasteiger partial charge in [0.15, 0.2) is 0 Å². The summed E-state index contributed by atoms with van der Waals surface area (Å²) < 4.78 is 6.43. The zero-order valence-corrected chi connectivity index (χ0v) is 34.9. The highest BCUT2D eigenvalue weighted by atomic mass is 16.5. The van der Waals surface area contributed by atoms with Crippen LogP contribution >= 0.6 is 0 Å². The molecule has 2 nitrogen and oxygen atoms in total. The maximum atomic E-state index is 13.2. The highest BCUT2D eigenvalue weighted by molar-refractivity contribution is 5.69. The number of carbonyl (C=O) groups is 1. The third kappa shape index (κ3) is 7.87. The van der Waals surface area contributed by atoms with E-state index in [9.17, 15) is 4.79 Å². The van der Waals surface area contributed by atoms with Gasteiger partial charge in [-0.25, -0.2) is 0 Å². The van der Waals surface area contributed by atoms with E-state index in [1.807, 2.05) is 0 Å². The topological polar surface area (TPSA) is 26.3 Å². The van der Waals surface area contributed by atoms with Crippen molar-refractivity contribution in [3.8, 4) is 0 Å². The number of rotatable bonds is 18. The van der Waals surface area contributed by atoms with Crippen LogP contribution in [0.25, 0.3) is 0 Å². The molecule has 0 N–H and O–H groups in total. The SMILES string of the molecule is C=C(C)[C@@H]1CC[C@]2(C)CC[C@]3(C)[C@H](CC[C@@H]4[C@@]5(C)CCC(OC(=O)CCCCCCCCCCCCCCCCC)C(C)(C)[C@@H]5CC[C@]43C)[C@@H]12. The molecule has 0 saturated heterocycles. The number of unbranched alkanes of at least 4 members (excludes halogenated alkanes) is 14. The van der Waals surface area contributed by atoms with Gasteiger partial charge < -0.3 is 4.74 Å². The van der Waals surface area contributed by atoms with Gasteiger partial charge in [-0.1, -0.05) is 151 Å². The van der Waals surface area contributed by atoms with Gasteiger partial charge in [-0.05, 0) is 129 Å². The van der Waals surface area contributed by atoms with E-state index in [0.29, 0.717) is 34.0 Å². The van der Waals surface area contributed by atoms with Crippen LogP contribution in [-0.2, 0) is 9.53 Å². The Morgan fingerprint density at radius 3 is 1.78 bits per heavy atom. The predicted molar refractivity (Wildman–Crippen MR) is 214 cm³/mol. The standard InChI is InChI=1S/C48H84O2/c1-10-11-12-13-14-15-16-17-18-19-20-21-22-23-24-25-42(49)50-41-30-32-46(7)39(44(41,4)5)29-33-48(9)40(46)27-26-38-43-37(36(2)3)28-31-45(43,6)34-35-47(38,48)8/h37-41,43H,2,10-35H2,1,3-9H3/t37-,38+,39-,40+,41?,43+,45+,46-,47+,48+/m0/s1. The van der Waals surface area contributed by atoms with Gasteiger partial charge in [0.25, 0.3) is 0 Å². The Morgan fingerprint density at radius 2 is 1.20 bits per heavy atom. The zero-order valence-electron chi connectivity index (χ0n) is 34.9. The van der Waals surface area contributed by atoms with Crippen molar-refractivity contribution in [2.45, 2.75) is 228 Å². The van der Waals surface area contributed by atoms with Crippen LogP contribution in [0.3, 0.4) is 0 Å². The van der Waals surface area contributed by atoms with Crippen LogP contribution in [0.2, 0.25) is 0 Å². The monoisotopic (exact) mass is 693 g/mol. The minimum Gasteiger partial charge on any atom is -0.462 e. The summed E-state index contributed by atoms with van der Waals surface area (Å²) in [6, 6.07) is 0. The van der Waals surface area contributed by atoms with Gasteiger partial charge in [0.05, 0.1) is 0 Å². The second-order valence-electron chi connectivity index (χ2n) is 20.9. The predicted octanol–water partition coefficient (Wildman–Crippen LogP) is 14.8. The van der Waals surface area contributed by atoms with E-state index >= 15 is 0 Å². The van der Waals surface area contributed by atoms with E-state index in [0.717, 1.165) is 36.5 Å².